The van der Waals surface area contributed by atoms with Gasteiger partial charge in [-0.1, -0.05) is 53.5 Å². The maximum atomic E-state index is 13.8. The Balaban J connectivity index is 2.25. The second kappa shape index (κ2) is 11.7. The van der Waals surface area contributed by atoms with Gasteiger partial charge in [-0.25, -0.2) is 0 Å². The molecule has 0 amide bonds. The molecule has 3 aromatic rings. The van der Waals surface area contributed by atoms with Gasteiger partial charge in [-0.15, -0.1) is 0 Å². The Kier molecular flexibility index (Phi) is 8.90. The lowest BCUT2D eigenvalue weighted by Crippen LogP contribution is -2.16. The zero-order valence-corrected chi connectivity index (χ0v) is 22.6. The van der Waals surface area contributed by atoms with E-state index in [-0.39, 0.29) is 49.5 Å². The summed E-state index contributed by atoms with van der Waals surface area (Å²) < 4.78 is 40.5. The van der Waals surface area contributed by atoms with Crippen LogP contribution in [0.2, 0.25) is 10.0 Å². The number of halogens is 2. The summed E-state index contributed by atoms with van der Waals surface area (Å²) in [4.78, 5) is 26.8. The van der Waals surface area contributed by atoms with Crippen LogP contribution in [-0.2, 0) is 4.57 Å². The largest absolute Gasteiger partial charge is 0.496 e. The van der Waals surface area contributed by atoms with E-state index in [0.29, 0.717) is 11.3 Å². The molecule has 3 rings (SSSR count). The quantitative estimate of drug-likeness (QED) is 0.247. The van der Waals surface area contributed by atoms with Gasteiger partial charge in [0.15, 0.2) is 25.1 Å². The smallest absolute Gasteiger partial charge is 0.230 e. The minimum absolute atomic E-state index is 0.0783. The second-order valence-electron chi connectivity index (χ2n) is 7.20. The van der Waals surface area contributed by atoms with Crippen LogP contribution in [0.3, 0.4) is 0 Å². The topological polar surface area (TPSA) is 97.4 Å². The van der Waals surface area contributed by atoms with E-state index in [1.54, 1.807) is 30.3 Å². The predicted octanol–water partition coefficient (Wildman–Crippen LogP) is 5.29. The monoisotopic (exact) mass is 552 g/mol. The van der Waals surface area contributed by atoms with Crippen LogP contribution in [0.4, 0.5) is 0 Å². The summed E-state index contributed by atoms with van der Waals surface area (Å²) in [7, 11) is 3.24. The summed E-state index contributed by atoms with van der Waals surface area (Å²) in [5, 5.41) is -0.575. The normalized spacial score (nSPS) is 11.4. The molecule has 36 heavy (non-hydrogen) atoms. The van der Waals surface area contributed by atoms with Crippen molar-refractivity contribution in [3.63, 3.8) is 0 Å². The zero-order valence-electron chi connectivity index (χ0n) is 20.1. The number of carbonyl (C=O) groups excluding carboxylic acids is 2. The maximum absolute atomic E-state index is 13.8. The van der Waals surface area contributed by atoms with Gasteiger partial charge >= 0.3 is 0 Å². The lowest BCUT2D eigenvalue weighted by atomic mass is 10.0. The van der Waals surface area contributed by atoms with Crippen LogP contribution in [-0.4, -0.2) is 46.9 Å². The van der Waals surface area contributed by atoms with Crippen LogP contribution in [0.1, 0.15) is 26.3 Å². The van der Waals surface area contributed by atoms with E-state index in [1.165, 1.54) is 47.7 Å². The first kappa shape index (κ1) is 27.4. The number of methoxy groups -OCH3 is 5. The molecule has 0 radical (unpaired) electrons. The van der Waals surface area contributed by atoms with Crippen molar-refractivity contribution >= 4 is 47.6 Å². The predicted molar refractivity (Wildman–Crippen MR) is 139 cm³/mol. The van der Waals surface area contributed by atoms with Crippen LogP contribution in [0.5, 0.6) is 28.7 Å². The molecule has 8 nitrogen and oxygen atoms in total. The third-order valence-corrected chi connectivity index (χ3v) is 7.63. The molecular weight excluding hydrogens is 530 g/mol. The van der Waals surface area contributed by atoms with Crippen molar-refractivity contribution in [1.29, 1.82) is 0 Å². The highest BCUT2D eigenvalue weighted by Gasteiger charge is 2.35. The minimum atomic E-state index is -3.43. The fourth-order valence-corrected chi connectivity index (χ4v) is 6.10. The van der Waals surface area contributed by atoms with Crippen molar-refractivity contribution in [1.82, 2.24) is 0 Å². The van der Waals surface area contributed by atoms with E-state index >= 15 is 0 Å². The first-order valence-corrected chi connectivity index (χ1v) is 12.5. The molecule has 0 saturated heterocycles. The Bertz CT molecular complexity index is 1290. The second-order valence-corrected chi connectivity index (χ2v) is 9.57. The van der Waals surface area contributed by atoms with E-state index in [2.05, 4.69) is 0 Å². The van der Waals surface area contributed by atoms with Crippen LogP contribution < -0.4 is 29.0 Å². The molecule has 0 heterocycles. The first-order valence-electron chi connectivity index (χ1n) is 10.4. The summed E-state index contributed by atoms with van der Waals surface area (Å²) >= 11 is 13.1. The summed E-state index contributed by atoms with van der Waals surface area (Å²) in [6.45, 7) is 0. The third kappa shape index (κ3) is 4.89. The highest BCUT2D eigenvalue weighted by atomic mass is 35.5. The van der Waals surface area contributed by atoms with Crippen LogP contribution in [0, 0.1) is 0 Å². The van der Waals surface area contributed by atoms with Gasteiger partial charge in [-0.2, -0.15) is 0 Å². The molecule has 0 aromatic heterocycles. The van der Waals surface area contributed by atoms with Crippen LogP contribution in [0.25, 0.3) is 0 Å². The number of rotatable bonds is 10. The van der Waals surface area contributed by atoms with E-state index in [9.17, 15) is 14.2 Å². The number of ether oxygens (including phenoxy) is 5. The Morgan fingerprint density at radius 1 is 0.722 bits per heavy atom. The standard InChI is InChI=1S/C25H23Cl2O8P/c1-31-14-11-15(32-2)17(16(12-14)33-3)25(29)36(30)24-22(34-4)19(26)18(20(27)23(24)35-5)21(28)13-9-7-6-8-10-13/h6-12,36H,1-5H3. The molecular formula is C25H23Cl2O8P. The van der Waals surface area contributed by atoms with Crippen molar-refractivity contribution in [3.8, 4) is 28.7 Å². The van der Waals surface area contributed by atoms with Gasteiger partial charge in [-0.05, 0) is 0 Å². The van der Waals surface area contributed by atoms with E-state index < -0.39 is 19.1 Å². The molecule has 0 aliphatic heterocycles. The lowest BCUT2D eigenvalue weighted by molar-refractivity contribution is 0.103. The summed E-state index contributed by atoms with van der Waals surface area (Å²) in [5.41, 5.74) is -0.703. The molecule has 0 N–H and O–H groups in total. The van der Waals surface area contributed by atoms with E-state index in [1.807, 2.05) is 0 Å². The summed E-state index contributed by atoms with van der Waals surface area (Å²) in [6, 6.07) is 11.2. The fourth-order valence-electron chi connectivity index (χ4n) is 3.63. The van der Waals surface area contributed by atoms with Gasteiger partial charge in [0.2, 0.25) is 5.52 Å². The molecule has 190 valence electrons. The Labute approximate surface area is 218 Å². The maximum Gasteiger partial charge on any atom is 0.230 e. The van der Waals surface area contributed by atoms with Gasteiger partial charge in [-0.3, -0.25) is 9.59 Å². The fraction of sp³-hybridized carbons (Fsp3) is 0.200. The highest BCUT2D eigenvalue weighted by molar-refractivity contribution is 7.72. The summed E-state index contributed by atoms with van der Waals surface area (Å²) in [5.74, 6) is -0.300. The van der Waals surface area contributed by atoms with E-state index in [0.717, 1.165) is 0 Å². The summed E-state index contributed by atoms with van der Waals surface area (Å²) in [6.07, 6.45) is 0. The molecule has 0 aliphatic carbocycles. The lowest BCUT2D eigenvalue weighted by Gasteiger charge is -2.20. The van der Waals surface area contributed by atoms with Crippen molar-refractivity contribution in [2.24, 2.45) is 0 Å². The van der Waals surface area contributed by atoms with Crippen molar-refractivity contribution in [2.75, 3.05) is 35.5 Å². The highest BCUT2D eigenvalue weighted by Crippen LogP contribution is 2.48. The zero-order chi connectivity index (χ0) is 26.6. The van der Waals surface area contributed by atoms with Gasteiger partial charge in [0.05, 0.1) is 51.2 Å². The molecule has 0 bridgehead atoms. The van der Waals surface area contributed by atoms with E-state index in [4.69, 9.17) is 46.9 Å². The Morgan fingerprint density at radius 3 is 1.64 bits per heavy atom. The average Bonchev–Trinajstić information content (AvgIpc) is 2.91. The molecule has 0 spiro atoms. The van der Waals surface area contributed by atoms with Crippen LogP contribution >= 0.6 is 31.0 Å². The molecule has 0 fully saturated rings. The molecule has 3 aromatic carbocycles. The Morgan fingerprint density at radius 2 is 1.22 bits per heavy atom. The van der Waals surface area contributed by atoms with Gasteiger partial charge in [0.1, 0.15) is 28.1 Å². The van der Waals surface area contributed by atoms with Gasteiger partial charge < -0.3 is 28.2 Å². The number of benzene rings is 3. The van der Waals surface area contributed by atoms with Crippen LogP contribution in [0.15, 0.2) is 42.5 Å². The number of hydrogen-bond donors (Lipinski definition) is 0. The van der Waals surface area contributed by atoms with Crippen molar-refractivity contribution in [3.05, 3.63) is 69.2 Å². The van der Waals surface area contributed by atoms with Gasteiger partial charge in [0, 0.05) is 17.7 Å². The first-order chi connectivity index (χ1) is 17.2. The average molecular weight is 553 g/mol. The molecule has 0 saturated carbocycles. The van der Waals surface area contributed by atoms with Gasteiger partial charge in [0.25, 0.3) is 0 Å². The molecule has 11 heteroatoms. The number of ketones is 1. The third-order valence-electron chi connectivity index (χ3n) is 5.34. The SMILES string of the molecule is COc1cc(OC)c(C(=O)[PH](=O)c2c(OC)c(Cl)c(C(=O)c3ccccc3)c(Cl)c2OC)c(OC)c1. The Hall–Kier alpha value is -3.19. The minimum Gasteiger partial charge on any atom is -0.496 e. The molecule has 1 unspecified atom stereocenters. The molecule has 0 aliphatic rings. The number of hydrogen-bond acceptors (Lipinski definition) is 8. The van der Waals surface area contributed by atoms with Crippen molar-refractivity contribution in [2.45, 2.75) is 0 Å². The van der Waals surface area contributed by atoms with Crippen molar-refractivity contribution < 1.29 is 37.8 Å². The molecule has 1 atom stereocenters. The number of carbonyl (C=O) groups is 2.